The number of rotatable bonds is 6. The smallest absolute Gasteiger partial charge is 0.331 e. The minimum absolute atomic E-state index is 0.408. The fourth-order valence-electron chi connectivity index (χ4n) is 4.54. The highest BCUT2D eigenvalue weighted by molar-refractivity contribution is 6.00. The predicted molar refractivity (Wildman–Crippen MR) is 146 cm³/mol. The topological polar surface area (TPSA) is 52.6 Å². The van der Waals surface area contributed by atoms with Gasteiger partial charge in [0, 0.05) is 12.2 Å². The van der Waals surface area contributed by atoms with Gasteiger partial charge in [-0.05, 0) is 97.2 Å². The van der Waals surface area contributed by atoms with Crippen molar-refractivity contribution in [3.05, 3.63) is 116 Å². The van der Waals surface area contributed by atoms with Crippen LogP contribution in [0, 0.1) is 41.5 Å². The zero-order valence-electron chi connectivity index (χ0n) is 22.4. The van der Waals surface area contributed by atoms with Gasteiger partial charge < -0.3 is 9.47 Å². The first-order valence-electron chi connectivity index (χ1n) is 11.9. The first kappa shape index (κ1) is 26.7. The van der Waals surface area contributed by atoms with E-state index in [-0.39, 0.29) is 0 Å². The Labute approximate surface area is 214 Å². The van der Waals surface area contributed by atoms with Crippen LogP contribution in [-0.2, 0) is 19.1 Å². The van der Waals surface area contributed by atoms with Gasteiger partial charge in [-0.3, -0.25) is 0 Å². The van der Waals surface area contributed by atoms with E-state index >= 15 is 0 Å². The number of benzene rings is 3. The van der Waals surface area contributed by atoms with Crippen LogP contribution < -0.4 is 0 Å². The van der Waals surface area contributed by atoms with Crippen molar-refractivity contribution in [1.29, 1.82) is 0 Å². The van der Waals surface area contributed by atoms with E-state index in [0.29, 0.717) is 0 Å². The van der Waals surface area contributed by atoms with Crippen molar-refractivity contribution in [3.63, 3.8) is 0 Å². The van der Waals surface area contributed by atoms with Crippen molar-refractivity contribution < 1.29 is 19.1 Å². The summed E-state index contributed by atoms with van der Waals surface area (Å²) in [6, 6.07) is 16.2. The third-order valence-corrected chi connectivity index (χ3v) is 6.82. The molecule has 0 fully saturated rings. The molecule has 0 aliphatic rings. The number of hydrogen-bond acceptors (Lipinski definition) is 4. The standard InChI is InChI=1S/C32H34O4/c1-19-9-13-25(14-10-19)27(17-29(33)35-7)31-21(3)23(5)32(24(6)22(31)4)28(18-30(34)36-8)26-15-11-20(2)12-16-26/h9-18H,1-8H3/b27-17+,28-18+. The van der Waals surface area contributed by atoms with Crippen molar-refractivity contribution in [1.82, 2.24) is 0 Å². The Balaban J connectivity index is 2.35. The molecule has 3 aromatic carbocycles. The minimum atomic E-state index is -0.408. The average Bonchev–Trinajstić information content (AvgIpc) is 2.87. The lowest BCUT2D eigenvalue weighted by Crippen LogP contribution is -2.09. The zero-order chi connectivity index (χ0) is 26.6. The van der Waals surface area contributed by atoms with Gasteiger partial charge in [0.2, 0.25) is 0 Å². The molecule has 4 heteroatoms. The zero-order valence-corrected chi connectivity index (χ0v) is 22.4. The number of hydrogen-bond donors (Lipinski definition) is 0. The molecule has 0 unspecified atom stereocenters. The molecule has 0 aliphatic carbocycles. The first-order valence-corrected chi connectivity index (χ1v) is 11.9. The van der Waals surface area contributed by atoms with E-state index in [9.17, 15) is 9.59 Å². The van der Waals surface area contributed by atoms with Crippen molar-refractivity contribution >= 4 is 23.1 Å². The van der Waals surface area contributed by atoms with Crippen LogP contribution in [0.5, 0.6) is 0 Å². The molecule has 0 aromatic heterocycles. The van der Waals surface area contributed by atoms with Gasteiger partial charge in [0.15, 0.2) is 0 Å². The molecule has 36 heavy (non-hydrogen) atoms. The van der Waals surface area contributed by atoms with Crippen molar-refractivity contribution in [2.24, 2.45) is 0 Å². The van der Waals surface area contributed by atoms with Gasteiger partial charge in [-0.1, -0.05) is 59.7 Å². The van der Waals surface area contributed by atoms with Crippen molar-refractivity contribution in [3.8, 4) is 0 Å². The number of esters is 2. The Kier molecular flexibility index (Phi) is 8.31. The Morgan fingerprint density at radius 1 is 0.528 bits per heavy atom. The second-order valence-corrected chi connectivity index (χ2v) is 9.14. The summed E-state index contributed by atoms with van der Waals surface area (Å²) in [5.74, 6) is -0.815. The molecule has 4 nitrogen and oxygen atoms in total. The molecule has 0 radical (unpaired) electrons. The molecule has 0 saturated heterocycles. The van der Waals surface area contributed by atoms with E-state index in [1.165, 1.54) is 14.2 Å². The summed E-state index contributed by atoms with van der Waals surface area (Å²) in [5.41, 5.74) is 11.9. The normalized spacial score (nSPS) is 11.9. The number of aryl methyl sites for hydroxylation is 2. The molecule has 186 valence electrons. The van der Waals surface area contributed by atoms with E-state index in [1.54, 1.807) is 12.2 Å². The quantitative estimate of drug-likeness (QED) is 0.288. The monoisotopic (exact) mass is 482 g/mol. The Morgan fingerprint density at radius 3 is 1.06 bits per heavy atom. The first-order chi connectivity index (χ1) is 17.1. The summed E-state index contributed by atoms with van der Waals surface area (Å²) in [7, 11) is 2.77. The summed E-state index contributed by atoms with van der Waals surface area (Å²) in [6.07, 6.45) is 3.12. The van der Waals surface area contributed by atoms with Gasteiger partial charge in [-0.25, -0.2) is 9.59 Å². The summed E-state index contributed by atoms with van der Waals surface area (Å²) in [5, 5.41) is 0. The summed E-state index contributed by atoms with van der Waals surface area (Å²) in [4.78, 5) is 24.8. The van der Waals surface area contributed by atoms with Gasteiger partial charge in [0.25, 0.3) is 0 Å². The predicted octanol–water partition coefficient (Wildman–Crippen LogP) is 6.75. The molecule has 3 aromatic rings. The van der Waals surface area contributed by atoms with E-state index in [0.717, 1.165) is 66.8 Å². The summed E-state index contributed by atoms with van der Waals surface area (Å²) >= 11 is 0. The Hall–Kier alpha value is -3.92. The fourth-order valence-corrected chi connectivity index (χ4v) is 4.54. The average molecular weight is 483 g/mol. The lowest BCUT2D eigenvalue weighted by molar-refractivity contribution is -0.135. The number of carbonyl (C=O) groups is 2. The third kappa shape index (κ3) is 5.49. The van der Waals surface area contributed by atoms with Gasteiger partial charge in [0.05, 0.1) is 14.2 Å². The SMILES string of the molecule is COC(=O)/C=C(\c1ccc(C)cc1)c1c(C)c(C)c(/C(=C/C(=O)OC)c2ccc(C)cc2)c(C)c1C. The molecule has 0 amide bonds. The van der Waals surface area contributed by atoms with E-state index in [4.69, 9.17) is 9.47 Å². The molecule has 0 N–H and O–H groups in total. The maximum atomic E-state index is 12.4. The van der Waals surface area contributed by atoms with E-state index < -0.39 is 11.9 Å². The fraction of sp³-hybridized carbons (Fsp3) is 0.250. The van der Waals surface area contributed by atoms with E-state index in [1.807, 2.05) is 62.4 Å². The van der Waals surface area contributed by atoms with Gasteiger partial charge in [-0.2, -0.15) is 0 Å². The Morgan fingerprint density at radius 2 is 0.806 bits per heavy atom. The van der Waals surface area contributed by atoms with Crippen LogP contribution in [0.15, 0.2) is 60.7 Å². The highest BCUT2D eigenvalue weighted by atomic mass is 16.5. The Bertz CT molecular complexity index is 1220. The van der Waals surface area contributed by atoms with Gasteiger partial charge in [0.1, 0.15) is 0 Å². The molecule has 3 rings (SSSR count). The van der Waals surface area contributed by atoms with Crippen LogP contribution in [0.1, 0.15) is 55.6 Å². The highest BCUT2D eigenvalue weighted by Gasteiger charge is 2.22. The number of carbonyl (C=O) groups excluding carboxylic acids is 2. The minimum Gasteiger partial charge on any atom is -0.466 e. The van der Waals surface area contributed by atoms with Gasteiger partial charge >= 0.3 is 11.9 Å². The van der Waals surface area contributed by atoms with Crippen LogP contribution in [-0.4, -0.2) is 26.2 Å². The highest BCUT2D eigenvalue weighted by Crippen LogP contribution is 2.39. The third-order valence-electron chi connectivity index (χ3n) is 6.82. The maximum Gasteiger partial charge on any atom is 0.331 e. The van der Waals surface area contributed by atoms with Crippen LogP contribution in [0.25, 0.3) is 11.1 Å². The number of ether oxygens (including phenoxy) is 2. The van der Waals surface area contributed by atoms with Crippen molar-refractivity contribution in [2.75, 3.05) is 14.2 Å². The second-order valence-electron chi connectivity index (χ2n) is 9.14. The molecule has 0 saturated carbocycles. The largest absolute Gasteiger partial charge is 0.466 e. The summed E-state index contributed by atoms with van der Waals surface area (Å²) < 4.78 is 9.99. The van der Waals surface area contributed by atoms with Crippen LogP contribution >= 0.6 is 0 Å². The van der Waals surface area contributed by atoms with Crippen LogP contribution in [0.4, 0.5) is 0 Å². The van der Waals surface area contributed by atoms with Crippen LogP contribution in [0.2, 0.25) is 0 Å². The molecule has 0 heterocycles. The molecular weight excluding hydrogens is 448 g/mol. The molecule has 0 bridgehead atoms. The van der Waals surface area contributed by atoms with Crippen molar-refractivity contribution in [2.45, 2.75) is 41.5 Å². The van der Waals surface area contributed by atoms with Crippen LogP contribution in [0.3, 0.4) is 0 Å². The molecule has 0 aliphatic heterocycles. The van der Waals surface area contributed by atoms with Gasteiger partial charge in [-0.15, -0.1) is 0 Å². The lowest BCUT2D eigenvalue weighted by Gasteiger charge is -2.24. The summed E-state index contributed by atoms with van der Waals surface area (Å²) in [6.45, 7) is 12.3. The maximum absolute atomic E-state index is 12.4. The number of methoxy groups -OCH3 is 2. The van der Waals surface area contributed by atoms with E-state index in [2.05, 4.69) is 27.7 Å². The molecule has 0 atom stereocenters. The molecular formula is C32H34O4. The second kappa shape index (κ2) is 11.2. The lowest BCUT2D eigenvalue weighted by atomic mass is 9.80. The molecule has 0 spiro atoms.